The smallest absolute Gasteiger partial charge is 0.244 e. The first-order valence-corrected chi connectivity index (χ1v) is 16.1. The van der Waals surface area contributed by atoms with Gasteiger partial charge in [-0.2, -0.15) is 0 Å². The van der Waals surface area contributed by atoms with Gasteiger partial charge >= 0.3 is 0 Å². The molecule has 0 heterocycles. The number of carbonyl (C=O) groups is 2. The summed E-state index contributed by atoms with van der Waals surface area (Å²) in [6.45, 7) is 5.45. The highest BCUT2D eigenvalue weighted by atomic mass is 35.5. The van der Waals surface area contributed by atoms with Crippen molar-refractivity contribution in [2.24, 2.45) is 5.92 Å². The Kier molecular flexibility index (Phi) is 11.7. The van der Waals surface area contributed by atoms with Gasteiger partial charge in [-0.1, -0.05) is 79.5 Å². The van der Waals surface area contributed by atoms with Crippen LogP contribution in [0.15, 0.2) is 66.7 Å². The van der Waals surface area contributed by atoms with Crippen molar-refractivity contribution in [3.63, 3.8) is 0 Å². The standard InChI is InChI=1S/C31H37Cl2N3O5S/c1-21(2)18-34-31(38)28(17-23-10-7-6-8-11-23)35(19-24-25(32)12-9-13-26(24)33)30(37)20-36(42(5,39)40)27-16-22(3)14-15-29(27)41-4/h6-16,21,28H,17-20H2,1-5H3,(H,34,38)/t28-/m1/s1. The molecular formula is C31H37Cl2N3O5S. The van der Waals surface area contributed by atoms with E-state index < -0.39 is 28.5 Å². The van der Waals surface area contributed by atoms with Crippen molar-refractivity contribution in [1.82, 2.24) is 10.2 Å². The van der Waals surface area contributed by atoms with Crippen molar-refractivity contribution in [2.45, 2.75) is 39.8 Å². The van der Waals surface area contributed by atoms with Gasteiger partial charge in [0.2, 0.25) is 21.8 Å². The maximum Gasteiger partial charge on any atom is 0.244 e. The van der Waals surface area contributed by atoms with Crippen LogP contribution in [-0.4, -0.2) is 57.6 Å². The Hall–Kier alpha value is -3.27. The Balaban J connectivity index is 2.14. The zero-order valence-corrected chi connectivity index (χ0v) is 26.8. The van der Waals surface area contributed by atoms with E-state index in [0.717, 1.165) is 21.7 Å². The van der Waals surface area contributed by atoms with Crippen molar-refractivity contribution in [3.8, 4) is 5.75 Å². The maximum atomic E-state index is 14.3. The lowest BCUT2D eigenvalue weighted by Gasteiger charge is -2.34. The lowest BCUT2D eigenvalue weighted by atomic mass is 10.0. The lowest BCUT2D eigenvalue weighted by molar-refractivity contribution is -0.140. The van der Waals surface area contributed by atoms with Gasteiger partial charge < -0.3 is 15.0 Å². The summed E-state index contributed by atoms with van der Waals surface area (Å²) in [5, 5.41) is 3.59. The average molecular weight is 635 g/mol. The molecule has 0 aliphatic heterocycles. The van der Waals surface area contributed by atoms with Gasteiger partial charge in [-0.3, -0.25) is 13.9 Å². The van der Waals surface area contributed by atoms with E-state index in [0.29, 0.717) is 22.2 Å². The van der Waals surface area contributed by atoms with Gasteiger partial charge in [0.1, 0.15) is 18.3 Å². The van der Waals surface area contributed by atoms with Gasteiger partial charge in [0.05, 0.1) is 19.1 Å². The van der Waals surface area contributed by atoms with Gasteiger partial charge in [-0.05, 0) is 48.2 Å². The minimum absolute atomic E-state index is 0.119. The molecule has 3 rings (SSSR count). The molecule has 0 spiro atoms. The van der Waals surface area contributed by atoms with Crippen molar-refractivity contribution in [1.29, 1.82) is 0 Å². The number of halogens is 2. The Morgan fingerprint density at radius 1 is 0.976 bits per heavy atom. The number of ether oxygens (including phenoxy) is 1. The van der Waals surface area contributed by atoms with Gasteiger partial charge in [-0.25, -0.2) is 8.42 Å². The highest BCUT2D eigenvalue weighted by molar-refractivity contribution is 7.92. The molecule has 0 radical (unpaired) electrons. The fourth-order valence-electron chi connectivity index (χ4n) is 4.42. The second-order valence-electron chi connectivity index (χ2n) is 10.5. The van der Waals surface area contributed by atoms with Crippen LogP contribution < -0.4 is 14.4 Å². The zero-order chi connectivity index (χ0) is 31.0. The molecule has 3 aromatic rings. The van der Waals surface area contributed by atoms with Crippen LogP contribution in [0.1, 0.15) is 30.5 Å². The Bertz CT molecular complexity index is 1480. The molecule has 0 aromatic heterocycles. The quantitative estimate of drug-likeness (QED) is 0.269. The predicted molar refractivity (Wildman–Crippen MR) is 169 cm³/mol. The number of amides is 2. The Morgan fingerprint density at radius 3 is 2.19 bits per heavy atom. The Labute approximate surface area is 258 Å². The van der Waals surface area contributed by atoms with Crippen molar-refractivity contribution in [2.75, 3.05) is 30.8 Å². The number of aryl methyl sites for hydroxylation is 1. The summed E-state index contributed by atoms with van der Waals surface area (Å²) in [4.78, 5) is 29.4. The summed E-state index contributed by atoms with van der Waals surface area (Å²) in [7, 11) is -2.53. The fraction of sp³-hybridized carbons (Fsp3) is 0.355. The molecule has 2 amide bonds. The summed E-state index contributed by atoms with van der Waals surface area (Å²) >= 11 is 13.0. The molecule has 226 valence electrons. The van der Waals surface area contributed by atoms with Crippen LogP contribution in [0.4, 0.5) is 5.69 Å². The van der Waals surface area contributed by atoms with Crippen LogP contribution in [0.5, 0.6) is 5.75 Å². The molecule has 11 heteroatoms. The zero-order valence-electron chi connectivity index (χ0n) is 24.4. The van der Waals surface area contributed by atoms with E-state index in [9.17, 15) is 18.0 Å². The Morgan fingerprint density at radius 2 is 1.62 bits per heavy atom. The van der Waals surface area contributed by atoms with E-state index >= 15 is 0 Å². The topological polar surface area (TPSA) is 96.0 Å². The van der Waals surface area contributed by atoms with E-state index in [4.69, 9.17) is 27.9 Å². The van der Waals surface area contributed by atoms with E-state index in [2.05, 4.69) is 5.32 Å². The third-order valence-corrected chi connectivity index (χ3v) is 8.46. The molecule has 0 aliphatic rings. The lowest BCUT2D eigenvalue weighted by Crippen LogP contribution is -2.53. The van der Waals surface area contributed by atoms with E-state index in [1.165, 1.54) is 12.0 Å². The number of methoxy groups -OCH3 is 1. The first-order chi connectivity index (χ1) is 19.8. The van der Waals surface area contributed by atoms with Gasteiger partial charge in [0.15, 0.2) is 0 Å². The summed E-state index contributed by atoms with van der Waals surface area (Å²) in [6, 6.07) is 18.4. The van der Waals surface area contributed by atoms with E-state index in [1.807, 2.05) is 51.1 Å². The van der Waals surface area contributed by atoms with Gasteiger partial charge in [0.25, 0.3) is 0 Å². The van der Waals surface area contributed by atoms with Crippen LogP contribution >= 0.6 is 23.2 Å². The van der Waals surface area contributed by atoms with Crippen molar-refractivity contribution >= 4 is 50.7 Å². The van der Waals surface area contributed by atoms with Crippen molar-refractivity contribution < 1.29 is 22.7 Å². The first-order valence-electron chi connectivity index (χ1n) is 13.5. The van der Waals surface area contributed by atoms with Crippen LogP contribution in [0, 0.1) is 12.8 Å². The molecule has 0 saturated carbocycles. The number of sulfonamides is 1. The number of benzene rings is 3. The minimum atomic E-state index is -3.96. The molecule has 0 fully saturated rings. The monoisotopic (exact) mass is 633 g/mol. The molecule has 42 heavy (non-hydrogen) atoms. The molecule has 0 aliphatic carbocycles. The number of rotatable bonds is 13. The first kappa shape index (κ1) is 33.2. The van der Waals surface area contributed by atoms with Crippen LogP contribution in [0.2, 0.25) is 10.0 Å². The minimum Gasteiger partial charge on any atom is -0.495 e. The van der Waals surface area contributed by atoms with Crippen LogP contribution in [-0.2, 0) is 32.6 Å². The average Bonchev–Trinajstić information content (AvgIpc) is 2.93. The number of hydrogen-bond acceptors (Lipinski definition) is 5. The normalized spacial score (nSPS) is 12.1. The highest BCUT2D eigenvalue weighted by Crippen LogP contribution is 2.32. The second-order valence-corrected chi connectivity index (χ2v) is 13.2. The predicted octanol–water partition coefficient (Wildman–Crippen LogP) is 5.49. The van der Waals surface area contributed by atoms with Crippen LogP contribution in [0.25, 0.3) is 0 Å². The highest BCUT2D eigenvalue weighted by Gasteiger charge is 2.34. The fourth-order valence-corrected chi connectivity index (χ4v) is 5.78. The third kappa shape index (κ3) is 8.86. The van der Waals surface area contributed by atoms with Gasteiger partial charge in [-0.15, -0.1) is 0 Å². The van der Waals surface area contributed by atoms with E-state index in [-0.39, 0.29) is 36.2 Å². The number of nitrogens with one attached hydrogen (secondary N) is 1. The van der Waals surface area contributed by atoms with Crippen molar-refractivity contribution in [3.05, 3.63) is 93.5 Å². The SMILES string of the molecule is COc1ccc(C)cc1N(CC(=O)N(Cc1c(Cl)cccc1Cl)[C@H](Cc1ccccc1)C(=O)NCC(C)C)S(C)(=O)=O. The summed E-state index contributed by atoms with van der Waals surface area (Å²) < 4.78 is 32.6. The molecular weight excluding hydrogens is 597 g/mol. The number of carbonyl (C=O) groups excluding carboxylic acids is 2. The third-order valence-electron chi connectivity index (χ3n) is 6.63. The number of nitrogens with zero attached hydrogens (tertiary/aromatic N) is 2. The molecule has 8 nitrogen and oxygen atoms in total. The second kappa shape index (κ2) is 14.8. The molecule has 0 saturated heterocycles. The van der Waals surface area contributed by atoms with Crippen LogP contribution in [0.3, 0.4) is 0 Å². The number of hydrogen-bond donors (Lipinski definition) is 1. The maximum absolute atomic E-state index is 14.3. The molecule has 0 bridgehead atoms. The number of anilines is 1. The molecule has 0 unspecified atom stereocenters. The molecule has 1 atom stereocenters. The molecule has 3 aromatic carbocycles. The largest absolute Gasteiger partial charge is 0.495 e. The summed E-state index contributed by atoms with van der Waals surface area (Å²) in [5.41, 5.74) is 2.27. The van der Waals surface area contributed by atoms with E-state index in [1.54, 1.807) is 36.4 Å². The van der Waals surface area contributed by atoms with Gasteiger partial charge in [0, 0.05) is 35.1 Å². The summed E-state index contributed by atoms with van der Waals surface area (Å²) in [6.07, 6.45) is 1.21. The molecule has 1 N–H and O–H groups in total. The summed E-state index contributed by atoms with van der Waals surface area (Å²) in [5.74, 6) is -0.526.